The van der Waals surface area contributed by atoms with Crippen LogP contribution in [-0.2, 0) is 14.3 Å². The second-order valence-electron chi connectivity index (χ2n) is 6.86. The number of hydrogen-bond acceptors (Lipinski definition) is 7. The van der Waals surface area contributed by atoms with Gasteiger partial charge in [-0.15, -0.1) is 0 Å². The molecule has 1 heterocycles. The average molecular weight is 401 g/mol. The van der Waals surface area contributed by atoms with E-state index in [2.05, 4.69) is 0 Å². The number of anilines is 1. The fourth-order valence-electron chi connectivity index (χ4n) is 3.34. The molecule has 148 valence electrons. The molecule has 28 heavy (non-hydrogen) atoms. The van der Waals surface area contributed by atoms with Crippen LogP contribution in [0, 0.1) is 20.8 Å². The number of Topliss-reactive ketones (excluding diaryl/α,β-unsaturated/α-hetero) is 1. The molecule has 0 aromatic heterocycles. The fourth-order valence-corrected chi connectivity index (χ4v) is 4.76. The summed E-state index contributed by atoms with van der Waals surface area (Å²) in [6.45, 7) is 6.87. The Balaban J connectivity index is 1.92. The van der Waals surface area contributed by atoms with Crippen molar-refractivity contribution in [1.82, 2.24) is 5.01 Å². The predicted molar refractivity (Wildman–Crippen MR) is 107 cm³/mol. The number of carbonyl (C=O) groups is 1. The van der Waals surface area contributed by atoms with E-state index in [9.17, 15) is 13.2 Å². The number of carbonyl (C=O) groups excluding carboxylic acids is 1. The number of rotatable bonds is 5. The van der Waals surface area contributed by atoms with E-state index in [0.29, 0.717) is 22.4 Å². The summed E-state index contributed by atoms with van der Waals surface area (Å²) in [5.74, 6) is 5.88. The Bertz CT molecular complexity index is 1020. The van der Waals surface area contributed by atoms with Crippen molar-refractivity contribution in [2.24, 2.45) is 5.84 Å². The molecule has 8 heteroatoms. The molecular weight excluding hydrogens is 378 g/mol. The number of nitrogens with zero attached hydrogens (tertiary/aromatic N) is 2. The van der Waals surface area contributed by atoms with Gasteiger partial charge in [0.05, 0.1) is 0 Å². The van der Waals surface area contributed by atoms with E-state index in [1.165, 1.54) is 18.1 Å². The molecule has 2 N–H and O–H groups in total. The summed E-state index contributed by atoms with van der Waals surface area (Å²) in [6.07, 6.45) is 2.07. The lowest BCUT2D eigenvalue weighted by Gasteiger charge is -2.29. The molecule has 0 fully saturated rings. The van der Waals surface area contributed by atoms with Crippen LogP contribution in [0.4, 0.5) is 5.69 Å². The van der Waals surface area contributed by atoms with Gasteiger partial charge in [-0.25, -0.2) is 10.0 Å². The molecule has 0 bridgehead atoms. The highest BCUT2D eigenvalue weighted by Gasteiger charge is 2.34. The molecule has 0 amide bonds. The van der Waals surface area contributed by atoms with Gasteiger partial charge in [0.1, 0.15) is 4.90 Å². The SMILES string of the molecule is CC(=O)c1ccc(N2C=CN(N)C2OS(=O)(=O)c2c(C)cc(C)cc2C)cc1. The summed E-state index contributed by atoms with van der Waals surface area (Å²) in [5, 5.41) is 1.18. The number of benzene rings is 2. The summed E-state index contributed by atoms with van der Waals surface area (Å²) in [6, 6.07) is 10.4. The van der Waals surface area contributed by atoms with E-state index in [-0.39, 0.29) is 10.7 Å². The van der Waals surface area contributed by atoms with E-state index >= 15 is 0 Å². The van der Waals surface area contributed by atoms with Crippen molar-refractivity contribution >= 4 is 21.6 Å². The highest BCUT2D eigenvalue weighted by Crippen LogP contribution is 2.29. The van der Waals surface area contributed by atoms with Crippen molar-refractivity contribution in [2.75, 3.05) is 4.90 Å². The van der Waals surface area contributed by atoms with Gasteiger partial charge in [-0.05, 0) is 63.1 Å². The summed E-state index contributed by atoms with van der Waals surface area (Å²) in [4.78, 5) is 13.2. The van der Waals surface area contributed by atoms with Gasteiger partial charge in [-0.2, -0.15) is 8.42 Å². The molecule has 0 aliphatic carbocycles. The third kappa shape index (κ3) is 3.80. The van der Waals surface area contributed by atoms with Gasteiger partial charge in [-0.3, -0.25) is 9.80 Å². The van der Waals surface area contributed by atoms with Gasteiger partial charge in [-0.1, -0.05) is 17.7 Å². The number of ketones is 1. The lowest BCUT2D eigenvalue weighted by atomic mass is 10.1. The van der Waals surface area contributed by atoms with E-state index in [1.807, 2.05) is 6.92 Å². The number of aryl methyl sites for hydroxylation is 3. The Kier molecular flexibility index (Phi) is 5.29. The van der Waals surface area contributed by atoms with Crippen molar-refractivity contribution in [1.29, 1.82) is 0 Å². The number of hydrogen-bond donors (Lipinski definition) is 1. The summed E-state index contributed by atoms with van der Waals surface area (Å²) in [5.41, 5.74) is 3.41. The van der Waals surface area contributed by atoms with Gasteiger partial charge in [0.2, 0.25) is 6.35 Å². The molecule has 1 aliphatic rings. The first-order chi connectivity index (χ1) is 13.1. The minimum Gasteiger partial charge on any atom is -0.301 e. The summed E-state index contributed by atoms with van der Waals surface area (Å²) in [7, 11) is -4.07. The van der Waals surface area contributed by atoms with Crippen LogP contribution in [0.1, 0.15) is 34.0 Å². The molecule has 7 nitrogen and oxygen atoms in total. The normalized spacial score (nSPS) is 16.7. The standard InChI is InChI=1S/C20H23N3O4S/c1-13-11-14(2)19(15(3)12-13)28(25,26)27-20-22(9-10-23(20)21)18-7-5-17(6-8-18)16(4)24/h5-12,20H,21H2,1-4H3. The molecule has 2 aromatic rings. The Morgan fingerprint density at radius 2 is 1.61 bits per heavy atom. The molecule has 2 aromatic carbocycles. The van der Waals surface area contributed by atoms with Gasteiger partial charge in [0.25, 0.3) is 0 Å². The van der Waals surface area contributed by atoms with Gasteiger partial charge in [0.15, 0.2) is 5.78 Å². The quantitative estimate of drug-likeness (QED) is 0.468. The maximum absolute atomic E-state index is 13.0. The van der Waals surface area contributed by atoms with Crippen molar-refractivity contribution in [3.63, 3.8) is 0 Å². The minimum absolute atomic E-state index is 0.0512. The van der Waals surface area contributed by atoms with E-state index in [1.54, 1.807) is 61.3 Å². The van der Waals surface area contributed by atoms with Crippen molar-refractivity contribution in [3.05, 3.63) is 71.1 Å². The first-order valence-corrected chi connectivity index (χ1v) is 10.1. The molecular formula is C20H23N3O4S. The number of hydrazine groups is 1. The molecule has 1 aliphatic heterocycles. The molecule has 0 spiro atoms. The average Bonchev–Trinajstić information content (AvgIpc) is 2.93. The topological polar surface area (TPSA) is 92.9 Å². The van der Waals surface area contributed by atoms with Crippen LogP contribution in [0.5, 0.6) is 0 Å². The van der Waals surface area contributed by atoms with Crippen molar-refractivity contribution in [3.8, 4) is 0 Å². The van der Waals surface area contributed by atoms with Gasteiger partial charge < -0.3 is 4.90 Å². The lowest BCUT2D eigenvalue weighted by molar-refractivity contribution is 0.0855. The van der Waals surface area contributed by atoms with Gasteiger partial charge >= 0.3 is 10.1 Å². The van der Waals surface area contributed by atoms with E-state index < -0.39 is 16.5 Å². The van der Waals surface area contributed by atoms with E-state index in [0.717, 1.165) is 5.56 Å². The highest BCUT2D eigenvalue weighted by atomic mass is 32.2. The van der Waals surface area contributed by atoms with Gasteiger partial charge in [0, 0.05) is 23.7 Å². The lowest BCUT2D eigenvalue weighted by Crippen LogP contribution is -2.45. The monoisotopic (exact) mass is 401 g/mol. The second-order valence-corrected chi connectivity index (χ2v) is 8.37. The van der Waals surface area contributed by atoms with Crippen molar-refractivity contribution < 1.29 is 17.4 Å². The Labute approximate surface area is 165 Å². The molecule has 1 unspecified atom stereocenters. The van der Waals surface area contributed by atoms with Crippen LogP contribution in [0.2, 0.25) is 0 Å². The third-order valence-electron chi connectivity index (χ3n) is 4.53. The van der Waals surface area contributed by atoms with Crippen molar-refractivity contribution in [2.45, 2.75) is 38.9 Å². The van der Waals surface area contributed by atoms with E-state index in [4.69, 9.17) is 10.0 Å². The third-order valence-corrected chi connectivity index (χ3v) is 6.10. The second kappa shape index (κ2) is 7.38. The first kappa shape index (κ1) is 20.1. The first-order valence-electron chi connectivity index (χ1n) is 8.72. The molecule has 0 saturated carbocycles. The maximum Gasteiger partial charge on any atom is 0.301 e. The van der Waals surface area contributed by atoms with Crippen LogP contribution < -0.4 is 10.7 Å². The predicted octanol–water partition coefficient (Wildman–Crippen LogP) is 2.97. The molecule has 3 rings (SSSR count). The van der Waals surface area contributed by atoms with Crippen LogP contribution in [-0.4, -0.2) is 25.6 Å². The van der Waals surface area contributed by atoms with Crippen LogP contribution in [0.15, 0.2) is 53.7 Å². The number of nitrogens with two attached hydrogens (primary N) is 1. The Morgan fingerprint density at radius 3 is 2.14 bits per heavy atom. The smallest absolute Gasteiger partial charge is 0.301 e. The minimum atomic E-state index is -4.07. The highest BCUT2D eigenvalue weighted by molar-refractivity contribution is 7.86. The zero-order valence-electron chi connectivity index (χ0n) is 16.2. The van der Waals surface area contributed by atoms with Crippen LogP contribution in [0.25, 0.3) is 0 Å². The zero-order valence-corrected chi connectivity index (χ0v) is 17.0. The maximum atomic E-state index is 13.0. The van der Waals surface area contributed by atoms with Crippen LogP contribution in [0.3, 0.4) is 0 Å². The largest absolute Gasteiger partial charge is 0.301 e. The molecule has 1 atom stereocenters. The summed E-state index contributed by atoms with van der Waals surface area (Å²) < 4.78 is 31.5. The Morgan fingerprint density at radius 1 is 1.04 bits per heavy atom. The zero-order chi connectivity index (χ0) is 20.6. The Hall–Kier alpha value is -2.68. The molecule has 0 radical (unpaired) electrons. The van der Waals surface area contributed by atoms with Crippen LogP contribution >= 0.6 is 0 Å². The molecule has 0 saturated heterocycles. The summed E-state index contributed by atoms with van der Waals surface area (Å²) >= 11 is 0. The fraction of sp³-hybridized carbons (Fsp3) is 0.250.